The molecule has 0 aliphatic carbocycles. The molecule has 0 heterocycles. The van der Waals surface area contributed by atoms with Crippen molar-refractivity contribution in [1.29, 1.82) is 0 Å². The molecule has 7 heteroatoms. The summed E-state index contributed by atoms with van der Waals surface area (Å²) in [5.41, 5.74) is 0. The van der Waals surface area contributed by atoms with Gasteiger partial charge in [0.2, 0.25) is 10.0 Å². The van der Waals surface area contributed by atoms with Crippen LogP contribution < -0.4 is 0 Å². The first-order chi connectivity index (χ1) is 9.25. The number of halogens is 3. The number of hydrogen-bond donors (Lipinski definition) is 0. The van der Waals surface area contributed by atoms with Crippen LogP contribution >= 0.6 is 0 Å². The first kappa shape index (κ1) is 19.7. The Morgan fingerprint density at radius 1 is 0.850 bits per heavy atom. The second-order valence-corrected chi connectivity index (χ2v) is 6.99. The molecule has 0 rings (SSSR count). The summed E-state index contributed by atoms with van der Waals surface area (Å²) in [4.78, 5) is 0. The van der Waals surface area contributed by atoms with E-state index in [1.165, 1.54) is 0 Å². The molecule has 3 nitrogen and oxygen atoms in total. The van der Waals surface area contributed by atoms with Crippen molar-refractivity contribution in [2.45, 2.75) is 71.5 Å². The lowest BCUT2D eigenvalue weighted by Crippen LogP contribution is -2.44. The summed E-state index contributed by atoms with van der Waals surface area (Å²) < 4.78 is 61.6. The molecule has 0 bridgehead atoms. The molecule has 0 spiro atoms. The van der Waals surface area contributed by atoms with Crippen molar-refractivity contribution in [3.05, 3.63) is 0 Å². The monoisotopic (exact) mass is 317 g/mol. The van der Waals surface area contributed by atoms with Crippen LogP contribution in [0.15, 0.2) is 0 Å². The van der Waals surface area contributed by atoms with Gasteiger partial charge in [-0.05, 0) is 12.8 Å². The summed E-state index contributed by atoms with van der Waals surface area (Å²) in [6.07, 6.45) is 0.880. The maximum Gasteiger partial charge on any atom is 0.473 e. The number of alkyl halides is 3. The van der Waals surface area contributed by atoms with Crippen molar-refractivity contribution >= 4 is 10.0 Å². The zero-order valence-electron chi connectivity index (χ0n) is 12.4. The van der Waals surface area contributed by atoms with Crippen LogP contribution in [0.5, 0.6) is 0 Å². The van der Waals surface area contributed by atoms with E-state index in [4.69, 9.17) is 0 Å². The summed E-state index contributed by atoms with van der Waals surface area (Å²) in [6.45, 7) is 3.36. The lowest BCUT2D eigenvalue weighted by molar-refractivity contribution is -0.210. The molecule has 0 aromatic rings. The summed E-state index contributed by atoms with van der Waals surface area (Å²) in [7, 11) is -4.23. The van der Waals surface area contributed by atoms with Gasteiger partial charge in [0, 0.05) is 6.54 Å². The number of nitrogens with zero attached hydrogens (tertiary/aromatic N) is 1. The summed E-state index contributed by atoms with van der Waals surface area (Å²) >= 11 is 0. The standard InChI is InChI=1S/C13H26F3NO2S/c1-3-5-7-8-9-10-11-17(13(14,15)16)20(18,19)12-6-4-2/h3-12H2,1-2H3. The molecular weight excluding hydrogens is 291 g/mol. The van der Waals surface area contributed by atoms with Crippen LogP contribution in [0, 0.1) is 0 Å². The molecule has 20 heavy (non-hydrogen) atoms. The van der Waals surface area contributed by atoms with Crippen molar-refractivity contribution in [3.8, 4) is 0 Å². The Morgan fingerprint density at radius 3 is 1.85 bits per heavy atom. The molecule has 0 atom stereocenters. The minimum atomic E-state index is -4.81. The van der Waals surface area contributed by atoms with E-state index in [0.29, 0.717) is 12.8 Å². The first-order valence-corrected chi connectivity index (χ1v) is 8.93. The van der Waals surface area contributed by atoms with Crippen LogP contribution in [0.3, 0.4) is 0 Å². The summed E-state index contributed by atoms with van der Waals surface area (Å²) in [5.74, 6) is -0.432. The fraction of sp³-hybridized carbons (Fsp3) is 1.00. The van der Waals surface area contributed by atoms with Crippen molar-refractivity contribution < 1.29 is 21.6 Å². The normalized spacial score (nSPS) is 13.1. The Labute approximate surface area is 120 Å². The van der Waals surface area contributed by atoms with Gasteiger partial charge in [0.1, 0.15) is 0 Å². The van der Waals surface area contributed by atoms with Crippen LogP contribution in [-0.2, 0) is 10.0 Å². The molecule has 0 N–H and O–H groups in total. The van der Waals surface area contributed by atoms with E-state index in [2.05, 4.69) is 6.92 Å². The minimum absolute atomic E-state index is 0.255. The third-order valence-corrected chi connectivity index (χ3v) is 4.95. The van der Waals surface area contributed by atoms with Crippen molar-refractivity contribution in [2.24, 2.45) is 0 Å². The Balaban J connectivity index is 4.38. The molecule has 0 saturated carbocycles. The third-order valence-electron chi connectivity index (χ3n) is 3.09. The second-order valence-electron chi connectivity index (χ2n) is 4.98. The number of hydrogen-bond acceptors (Lipinski definition) is 2. The number of unbranched alkanes of at least 4 members (excludes halogenated alkanes) is 6. The SMILES string of the molecule is CCCCCCCCN(C(F)(F)F)S(=O)(=O)CCCC. The van der Waals surface area contributed by atoms with Gasteiger partial charge in [-0.3, -0.25) is 0 Å². The van der Waals surface area contributed by atoms with Crippen LogP contribution in [0.4, 0.5) is 13.2 Å². The van der Waals surface area contributed by atoms with Gasteiger partial charge in [-0.2, -0.15) is 13.2 Å². The molecule has 0 aromatic carbocycles. The summed E-state index contributed by atoms with van der Waals surface area (Å²) in [6, 6.07) is 0. The fourth-order valence-electron chi connectivity index (χ4n) is 1.90. The van der Waals surface area contributed by atoms with E-state index in [1.54, 1.807) is 6.92 Å². The Bertz CT molecular complexity index is 342. The molecule has 0 fully saturated rings. The highest BCUT2D eigenvalue weighted by Gasteiger charge is 2.44. The molecule has 0 aliphatic heterocycles. The van der Waals surface area contributed by atoms with E-state index < -0.39 is 28.6 Å². The van der Waals surface area contributed by atoms with Gasteiger partial charge in [0.05, 0.1) is 5.75 Å². The molecule has 122 valence electrons. The van der Waals surface area contributed by atoms with Crippen molar-refractivity contribution in [3.63, 3.8) is 0 Å². The van der Waals surface area contributed by atoms with Gasteiger partial charge in [-0.15, -0.1) is 4.31 Å². The highest BCUT2D eigenvalue weighted by atomic mass is 32.2. The topological polar surface area (TPSA) is 37.4 Å². The summed E-state index contributed by atoms with van der Waals surface area (Å²) in [5, 5.41) is 0. The number of sulfonamides is 1. The Morgan fingerprint density at radius 2 is 1.35 bits per heavy atom. The average Bonchev–Trinajstić information content (AvgIpc) is 2.33. The lowest BCUT2D eigenvalue weighted by Gasteiger charge is -2.24. The van der Waals surface area contributed by atoms with E-state index in [0.717, 1.165) is 25.7 Å². The second kappa shape index (κ2) is 9.60. The minimum Gasteiger partial charge on any atom is -0.212 e. The quantitative estimate of drug-likeness (QED) is 0.421. The van der Waals surface area contributed by atoms with Crippen molar-refractivity contribution in [2.75, 3.05) is 12.3 Å². The molecule has 0 unspecified atom stereocenters. The predicted molar refractivity (Wildman–Crippen MR) is 74.8 cm³/mol. The predicted octanol–water partition coefficient (Wildman–Crippen LogP) is 4.30. The number of rotatable bonds is 11. The maximum absolute atomic E-state index is 12.8. The van der Waals surface area contributed by atoms with Gasteiger partial charge in [-0.1, -0.05) is 52.4 Å². The Kier molecular flexibility index (Phi) is 9.46. The molecule has 0 aliphatic rings. The van der Waals surface area contributed by atoms with Crippen LogP contribution in [0.1, 0.15) is 65.2 Å². The zero-order chi connectivity index (χ0) is 15.6. The van der Waals surface area contributed by atoms with Gasteiger partial charge in [0.15, 0.2) is 0 Å². The van der Waals surface area contributed by atoms with Gasteiger partial charge in [0.25, 0.3) is 0 Å². The third kappa shape index (κ3) is 8.09. The smallest absolute Gasteiger partial charge is 0.212 e. The molecule has 0 aromatic heterocycles. The molecule has 0 amide bonds. The molecule has 0 radical (unpaired) electrons. The van der Waals surface area contributed by atoms with Crippen LogP contribution in [0.25, 0.3) is 0 Å². The van der Waals surface area contributed by atoms with E-state index in [1.807, 2.05) is 0 Å². The van der Waals surface area contributed by atoms with E-state index in [-0.39, 0.29) is 17.1 Å². The van der Waals surface area contributed by atoms with Crippen LogP contribution in [-0.4, -0.2) is 31.3 Å². The fourth-order valence-corrected chi connectivity index (χ4v) is 3.49. The van der Waals surface area contributed by atoms with Gasteiger partial charge in [-0.25, -0.2) is 8.42 Å². The lowest BCUT2D eigenvalue weighted by atomic mass is 10.1. The molecule has 0 saturated heterocycles. The first-order valence-electron chi connectivity index (χ1n) is 7.33. The maximum atomic E-state index is 12.8. The molecular formula is C13H26F3NO2S. The highest BCUT2D eigenvalue weighted by molar-refractivity contribution is 7.89. The largest absolute Gasteiger partial charge is 0.473 e. The van der Waals surface area contributed by atoms with Crippen molar-refractivity contribution in [1.82, 2.24) is 4.31 Å². The van der Waals surface area contributed by atoms with Gasteiger partial charge < -0.3 is 0 Å². The highest BCUT2D eigenvalue weighted by Crippen LogP contribution is 2.26. The average molecular weight is 317 g/mol. The van der Waals surface area contributed by atoms with E-state index >= 15 is 0 Å². The van der Waals surface area contributed by atoms with Crippen LogP contribution in [0.2, 0.25) is 0 Å². The zero-order valence-corrected chi connectivity index (χ0v) is 13.2. The van der Waals surface area contributed by atoms with E-state index in [9.17, 15) is 21.6 Å². The van der Waals surface area contributed by atoms with Gasteiger partial charge >= 0.3 is 6.30 Å². The Hall–Kier alpha value is -0.300.